The topological polar surface area (TPSA) is 6.48 Å². The molecule has 0 aliphatic carbocycles. The summed E-state index contributed by atoms with van der Waals surface area (Å²) in [4.78, 5) is 5.02. The lowest BCUT2D eigenvalue weighted by Gasteiger charge is -2.30. The van der Waals surface area contributed by atoms with Crippen molar-refractivity contribution in [3.8, 4) is 0 Å². The summed E-state index contributed by atoms with van der Waals surface area (Å²) >= 11 is 0. The minimum atomic E-state index is 0.625. The predicted molar refractivity (Wildman–Crippen MR) is 117 cm³/mol. The van der Waals surface area contributed by atoms with E-state index in [-0.39, 0.29) is 0 Å². The zero-order valence-electron chi connectivity index (χ0n) is 18.4. The summed E-state index contributed by atoms with van der Waals surface area (Å²) in [5, 5.41) is 0. The van der Waals surface area contributed by atoms with Gasteiger partial charge < -0.3 is 9.80 Å². The van der Waals surface area contributed by atoms with Gasteiger partial charge in [-0.25, -0.2) is 0 Å². The molecule has 0 amide bonds. The lowest BCUT2D eigenvalue weighted by molar-refractivity contribution is 0.159. The molecule has 0 aromatic carbocycles. The molecule has 2 nitrogen and oxygen atoms in total. The van der Waals surface area contributed by atoms with Gasteiger partial charge in [0.2, 0.25) is 0 Å². The third kappa shape index (κ3) is 11.1. The third-order valence-corrected chi connectivity index (χ3v) is 5.93. The van der Waals surface area contributed by atoms with E-state index in [0.29, 0.717) is 6.17 Å². The van der Waals surface area contributed by atoms with Crippen molar-refractivity contribution in [3.05, 3.63) is 12.4 Å². The van der Waals surface area contributed by atoms with Gasteiger partial charge in [-0.15, -0.1) is 0 Å². The highest BCUT2D eigenvalue weighted by Gasteiger charge is 2.22. The Morgan fingerprint density at radius 2 is 1.04 bits per heavy atom. The van der Waals surface area contributed by atoms with E-state index in [9.17, 15) is 0 Å². The van der Waals surface area contributed by atoms with Crippen LogP contribution in [0.1, 0.15) is 123 Å². The minimum Gasteiger partial charge on any atom is -0.359 e. The number of hydrogen-bond acceptors (Lipinski definition) is 2. The molecule has 1 atom stereocenters. The largest absolute Gasteiger partial charge is 0.359 e. The van der Waals surface area contributed by atoms with Crippen LogP contribution in [0.3, 0.4) is 0 Å². The number of rotatable bonds is 18. The lowest BCUT2D eigenvalue weighted by Crippen LogP contribution is -2.37. The van der Waals surface area contributed by atoms with Gasteiger partial charge in [0.05, 0.1) is 0 Å². The Bertz CT molecular complexity index is 326. The quantitative estimate of drug-likeness (QED) is 0.230. The number of unbranched alkanes of at least 4 members (excludes halogenated alkanes) is 14. The summed E-state index contributed by atoms with van der Waals surface area (Å²) in [7, 11) is 2.25. The molecule has 1 aliphatic rings. The fourth-order valence-corrected chi connectivity index (χ4v) is 4.11. The van der Waals surface area contributed by atoms with E-state index in [0.717, 1.165) is 0 Å². The second kappa shape index (κ2) is 16.5. The van der Waals surface area contributed by atoms with Gasteiger partial charge in [-0.1, -0.05) is 104 Å². The molecule has 0 aromatic rings. The Balaban J connectivity index is 2.01. The first kappa shape index (κ1) is 23.4. The SMILES string of the molecule is CCCCCCCCCCCC1N(C)C=CN1CCCCCCCCC. The molecule has 0 fully saturated rings. The van der Waals surface area contributed by atoms with Crippen LogP contribution in [0.5, 0.6) is 0 Å². The molecule has 0 saturated carbocycles. The maximum atomic E-state index is 2.59. The highest BCUT2D eigenvalue weighted by Crippen LogP contribution is 2.21. The Hall–Kier alpha value is -0.660. The van der Waals surface area contributed by atoms with Gasteiger partial charge >= 0.3 is 0 Å². The molecule has 2 heteroatoms. The van der Waals surface area contributed by atoms with E-state index in [1.54, 1.807) is 0 Å². The van der Waals surface area contributed by atoms with Crippen LogP contribution < -0.4 is 0 Å². The summed E-state index contributed by atoms with van der Waals surface area (Å²) < 4.78 is 0. The second-order valence-corrected chi connectivity index (χ2v) is 8.42. The van der Waals surface area contributed by atoms with E-state index < -0.39 is 0 Å². The molecule has 1 unspecified atom stereocenters. The molecule has 0 spiro atoms. The van der Waals surface area contributed by atoms with Crippen LogP contribution in [0, 0.1) is 0 Å². The molecular weight excluding hydrogens is 316 g/mol. The molecule has 154 valence electrons. The van der Waals surface area contributed by atoms with Crippen molar-refractivity contribution in [2.45, 2.75) is 129 Å². The van der Waals surface area contributed by atoms with E-state index in [1.807, 2.05) is 0 Å². The van der Waals surface area contributed by atoms with Crippen LogP contribution in [0.4, 0.5) is 0 Å². The normalized spacial score (nSPS) is 16.8. The van der Waals surface area contributed by atoms with Crippen molar-refractivity contribution in [2.75, 3.05) is 13.6 Å². The Labute approximate surface area is 165 Å². The first-order chi connectivity index (χ1) is 12.8. The summed E-state index contributed by atoms with van der Waals surface area (Å²) in [6.07, 6.45) is 29.2. The predicted octanol–water partition coefficient (Wildman–Crippen LogP) is 7.70. The fourth-order valence-electron chi connectivity index (χ4n) is 4.11. The Kier molecular flexibility index (Phi) is 14.8. The van der Waals surface area contributed by atoms with Gasteiger partial charge in [0.15, 0.2) is 0 Å². The molecule has 0 radical (unpaired) electrons. The van der Waals surface area contributed by atoms with Gasteiger partial charge in [0.1, 0.15) is 6.17 Å². The van der Waals surface area contributed by atoms with Crippen LogP contribution in [-0.4, -0.2) is 29.6 Å². The van der Waals surface area contributed by atoms with Crippen molar-refractivity contribution in [3.63, 3.8) is 0 Å². The summed E-state index contributed by atoms with van der Waals surface area (Å²) in [5.41, 5.74) is 0. The monoisotopic (exact) mass is 364 g/mol. The van der Waals surface area contributed by atoms with Crippen molar-refractivity contribution < 1.29 is 0 Å². The van der Waals surface area contributed by atoms with Gasteiger partial charge in [-0.05, 0) is 19.3 Å². The minimum absolute atomic E-state index is 0.625. The van der Waals surface area contributed by atoms with E-state index in [2.05, 4.69) is 43.1 Å². The molecule has 1 heterocycles. The van der Waals surface area contributed by atoms with Crippen LogP contribution in [0.15, 0.2) is 12.4 Å². The molecule has 0 aromatic heterocycles. The lowest BCUT2D eigenvalue weighted by atomic mass is 10.1. The smallest absolute Gasteiger partial charge is 0.100 e. The molecule has 0 bridgehead atoms. The molecule has 1 aliphatic heterocycles. The molecule has 26 heavy (non-hydrogen) atoms. The van der Waals surface area contributed by atoms with Gasteiger partial charge in [0, 0.05) is 26.0 Å². The van der Waals surface area contributed by atoms with Crippen LogP contribution >= 0.6 is 0 Å². The fraction of sp³-hybridized carbons (Fsp3) is 0.917. The first-order valence-electron chi connectivity index (χ1n) is 12.0. The van der Waals surface area contributed by atoms with Crippen molar-refractivity contribution in [1.29, 1.82) is 0 Å². The van der Waals surface area contributed by atoms with Crippen LogP contribution in [0.25, 0.3) is 0 Å². The molecule has 1 rings (SSSR count). The standard InChI is InChI=1S/C24H48N2/c1-4-6-8-10-12-13-14-16-18-20-24-25(3)22-23-26(24)21-19-17-15-11-9-7-5-2/h22-24H,4-21H2,1-3H3. The molecule has 0 saturated heterocycles. The second-order valence-electron chi connectivity index (χ2n) is 8.42. The highest BCUT2D eigenvalue weighted by molar-refractivity contribution is 4.95. The van der Waals surface area contributed by atoms with Crippen LogP contribution in [0.2, 0.25) is 0 Å². The number of hydrogen-bond donors (Lipinski definition) is 0. The van der Waals surface area contributed by atoms with Gasteiger partial charge in [0.25, 0.3) is 0 Å². The van der Waals surface area contributed by atoms with Crippen molar-refractivity contribution in [2.24, 2.45) is 0 Å². The average molecular weight is 365 g/mol. The first-order valence-corrected chi connectivity index (χ1v) is 12.0. The van der Waals surface area contributed by atoms with Crippen LogP contribution in [-0.2, 0) is 0 Å². The summed E-state index contributed by atoms with van der Waals surface area (Å²) in [5.74, 6) is 0. The van der Waals surface area contributed by atoms with E-state index >= 15 is 0 Å². The maximum Gasteiger partial charge on any atom is 0.100 e. The van der Waals surface area contributed by atoms with Crippen molar-refractivity contribution >= 4 is 0 Å². The van der Waals surface area contributed by atoms with Gasteiger partial charge in [-0.2, -0.15) is 0 Å². The number of nitrogens with zero attached hydrogens (tertiary/aromatic N) is 2. The Morgan fingerprint density at radius 1 is 0.577 bits per heavy atom. The molecular formula is C24H48N2. The van der Waals surface area contributed by atoms with E-state index in [4.69, 9.17) is 0 Å². The summed E-state index contributed by atoms with van der Waals surface area (Å²) in [6, 6.07) is 0. The van der Waals surface area contributed by atoms with Crippen molar-refractivity contribution in [1.82, 2.24) is 9.80 Å². The highest BCUT2D eigenvalue weighted by atomic mass is 15.4. The third-order valence-electron chi connectivity index (χ3n) is 5.93. The summed E-state index contributed by atoms with van der Waals surface area (Å²) in [6.45, 7) is 5.84. The zero-order valence-corrected chi connectivity index (χ0v) is 18.4. The van der Waals surface area contributed by atoms with E-state index in [1.165, 1.54) is 116 Å². The zero-order chi connectivity index (χ0) is 18.9. The average Bonchev–Trinajstić information content (AvgIpc) is 2.99. The Morgan fingerprint density at radius 3 is 1.58 bits per heavy atom. The van der Waals surface area contributed by atoms with Gasteiger partial charge in [-0.3, -0.25) is 0 Å². The molecule has 0 N–H and O–H groups in total. The maximum absolute atomic E-state index is 2.59.